The molecule has 0 radical (unpaired) electrons. The zero-order valence-electron chi connectivity index (χ0n) is 13.0. The average Bonchev–Trinajstić information content (AvgIpc) is 2.86. The predicted molar refractivity (Wildman–Crippen MR) is 82.9 cm³/mol. The van der Waals surface area contributed by atoms with Crippen molar-refractivity contribution >= 4 is 15.7 Å². The van der Waals surface area contributed by atoms with Crippen molar-refractivity contribution in [2.75, 3.05) is 25.7 Å². The molecule has 0 bridgehead atoms. The first-order chi connectivity index (χ1) is 10.4. The number of carbonyl (C=O) groups excluding carboxylic acids is 1. The van der Waals surface area contributed by atoms with Crippen molar-refractivity contribution in [3.63, 3.8) is 0 Å². The van der Waals surface area contributed by atoms with E-state index in [0.717, 1.165) is 5.56 Å². The number of amides is 1. The van der Waals surface area contributed by atoms with Crippen molar-refractivity contribution in [3.8, 4) is 11.5 Å². The van der Waals surface area contributed by atoms with Gasteiger partial charge in [0.1, 0.15) is 0 Å². The van der Waals surface area contributed by atoms with Gasteiger partial charge in [-0.1, -0.05) is 6.07 Å². The molecule has 1 N–H and O–H groups in total. The summed E-state index contributed by atoms with van der Waals surface area (Å²) in [5.41, 5.74) is 0.867. The first-order valence-corrected chi connectivity index (χ1v) is 8.91. The zero-order valence-corrected chi connectivity index (χ0v) is 13.8. The number of carbonyl (C=O) groups is 1. The van der Waals surface area contributed by atoms with Gasteiger partial charge in [0.05, 0.1) is 37.7 Å². The Kier molecular flexibility index (Phi) is 4.95. The van der Waals surface area contributed by atoms with E-state index in [0.29, 0.717) is 17.9 Å². The predicted octanol–water partition coefficient (Wildman–Crippen LogP) is 1.32. The van der Waals surface area contributed by atoms with Gasteiger partial charge >= 0.3 is 0 Å². The fraction of sp³-hybridized carbons (Fsp3) is 0.533. The molecule has 22 heavy (non-hydrogen) atoms. The molecule has 1 amide bonds. The number of benzene rings is 1. The molecule has 1 aliphatic rings. The van der Waals surface area contributed by atoms with Gasteiger partial charge in [-0.2, -0.15) is 0 Å². The second kappa shape index (κ2) is 6.56. The SMILES string of the molecule is COc1ccc(C(C)NC(=O)C2CCS(=O)(=O)C2)cc1OC. The van der Waals surface area contributed by atoms with Crippen LogP contribution in [0.25, 0.3) is 0 Å². The van der Waals surface area contributed by atoms with Crippen molar-refractivity contribution in [2.45, 2.75) is 19.4 Å². The lowest BCUT2D eigenvalue weighted by atomic mass is 10.0. The number of sulfone groups is 1. The first-order valence-electron chi connectivity index (χ1n) is 7.09. The zero-order chi connectivity index (χ0) is 16.3. The Morgan fingerprint density at radius 3 is 2.50 bits per heavy atom. The smallest absolute Gasteiger partial charge is 0.224 e. The molecule has 0 aliphatic carbocycles. The van der Waals surface area contributed by atoms with Gasteiger partial charge < -0.3 is 14.8 Å². The maximum absolute atomic E-state index is 12.2. The second-order valence-electron chi connectivity index (χ2n) is 5.44. The average molecular weight is 327 g/mol. The molecule has 0 saturated carbocycles. The quantitative estimate of drug-likeness (QED) is 0.882. The van der Waals surface area contributed by atoms with Crippen LogP contribution in [0.4, 0.5) is 0 Å². The number of hydrogen-bond donors (Lipinski definition) is 1. The van der Waals surface area contributed by atoms with Gasteiger partial charge in [0.2, 0.25) is 5.91 Å². The summed E-state index contributed by atoms with van der Waals surface area (Å²) in [5.74, 6) is 0.569. The lowest BCUT2D eigenvalue weighted by Gasteiger charge is -2.18. The molecule has 1 heterocycles. The van der Waals surface area contributed by atoms with Crippen LogP contribution >= 0.6 is 0 Å². The maximum Gasteiger partial charge on any atom is 0.224 e. The van der Waals surface area contributed by atoms with Crippen molar-refractivity contribution in [1.29, 1.82) is 0 Å². The monoisotopic (exact) mass is 327 g/mol. The second-order valence-corrected chi connectivity index (χ2v) is 7.67. The minimum Gasteiger partial charge on any atom is -0.493 e. The van der Waals surface area contributed by atoms with E-state index >= 15 is 0 Å². The summed E-state index contributed by atoms with van der Waals surface area (Å²) < 4.78 is 33.3. The number of ether oxygens (including phenoxy) is 2. The lowest BCUT2D eigenvalue weighted by molar-refractivity contribution is -0.124. The molecule has 0 spiro atoms. The molecule has 2 unspecified atom stereocenters. The van der Waals surface area contributed by atoms with E-state index in [-0.39, 0.29) is 23.5 Å². The third-order valence-electron chi connectivity index (χ3n) is 3.87. The molecule has 1 saturated heterocycles. The number of hydrogen-bond acceptors (Lipinski definition) is 5. The third-order valence-corrected chi connectivity index (χ3v) is 5.64. The largest absolute Gasteiger partial charge is 0.493 e. The van der Waals surface area contributed by atoms with E-state index in [2.05, 4.69) is 5.32 Å². The summed E-state index contributed by atoms with van der Waals surface area (Å²) in [6.45, 7) is 1.85. The van der Waals surface area contributed by atoms with Crippen LogP contribution in [0.15, 0.2) is 18.2 Å². The number of rotatable bonds is 5. The lowest BCUT2D eigenvalue weighted by Crippen LogP contribution is -2.33. The fourth-order valence-corrected chi connectivity index (χ4v) is 4.28. The van der Waals surface area contributed by atoms with Gasteiger partial charge in [0, 0.05) is 0 Å². The Morgan fingerprint density at radius 2 is 1.95 bits per heavy atom. The summed E-state index contributed by atoms with van der Waals surface area (Å²) >= 11 is 0. The van der Waals surface area contributed by atoms with Gasteiger partial charge in [0.15, 0.2) is 21.3 Å². The molecule has 0 aromatic heterocycles. The van der Waals surface area contributed by atoms with Crippen LogP contribution in [0.2, 0.25) is 0 Å². The normalized spacial score (nSPS) is 21.1. The standard InChI is InChI=1S/C15H21NO5S/c1-10(11-4-5-13(20-2)14(8-11)21-3)16-15(17)12-6-7-22(18,19)9-12/h4-5,8,10,12H,6-7,9H2,1-3H3,(H,16,17). The Hall–Kier alpha value is -1.76. The highest BCUT2D eigenvalue weighted by molar-refractivity contribution is 7.91. The highest BCUT2D eigenvalue weighted by Crippen LogP contribution is 2.30. The Labute approximate surface area is 130 Å². The van der Waals surface area contributed by atoms with Crippen molar-refractivity contribution < 1.29 is 22.7 Å². The minimum absolute atomic E-state index is 0.0580. The van der Waals surface area contributed by atoms with Gasteiger partial charge in [0.25, 0.3) is 0 Å². The number of nitrogens with one attached hydrogen (secondary N) is 1. The van der Waals surface area contributed by atoms with E-state index in [4.69, 9.17) is 9.47 Å². The Morgan fingerprint density at radius 1 is 1.27 bits per heavy atom. The Balaban J connectivity index is 2.06. The van der Waals surface area contributed by atoms with Crippen LogP contribution in [-0.2, 0) is 14.6 Å². The maximum atomic E-state index is 12.2. The fourth-order valence-electron chi connectivity index (χ4n) is 2.54. The topological polar surface area (TPSA) is 81.7 Å². The van der Waals surface area contributed by atoms with Gasteiger partial charge in [-0.15, -0.1) is 0 Å². The van der Waals surface area contributed by atoms with E-state index < -0.39 is 15.8 Å². The molecule has 1 aliphatic heterocycles. The van der Waals surface area contributed by atoms with Crippen LogP contribution in [0, 0.1) is 5.92 Å². The summed E-state index contributed by atoms with van der Waals surface area (Å²) in [5, 5.41) is 2.86. The Bertz CT molecular complexity index is 656. The summed E-state index contributed by atoms with van der Waals surface area (Å²) in [6, 6.07) is 5.18. The first kappa shape index (κ1) is 16.6. The van der Waals surface area contributed by atoms with Crippen LogP contribution in [0.3, 0.4) is 0 Å². The molecule has 1 fully saturated rings. The van der Waals surface area contributed by atoms with Gasteiger partial charge in [-0.25, -0.2) is 8.42 Å². The minimum atomic E-state index is -3.06. The molecule has 122 valence electrons. The molecule has 2 rings (SSSR count). The summed E-state index contributed by atoms with van der Waals surface area (Å²) in [7, 11) is 0.0507. The molecular formula is C15H21NO5S. The highest BCUT2D eigenvalue weighted by Gasteiger charge is 2.33. The van der Waals surface area contributed by atoms with Crippen molar-refractivity contribution in [3.05, 3.63) is 23.8 Å². The molecule has 1 aromatic rings. The summed E-state index contributed by atoms with van der Waals surface area (Å²) in [6.07, 6.45) is 0.396. The van der Waals surface area contributed by atoms with E-state index in [1.54, 1.807) is 26.4 Å². The van der Waals surface area contributed by atoms with Crippen LogP contribution < -0.4 is 14.8 Å². The van der Waals surface area contributed by atoms with Gasteiger partial charge in [-0.05, 0) is 31.0 Å². The molecule has 1 aromatic carbocycles. The number of methoxy groups -OCH3 is 2. The van der Waals surface area contributed by atoms with E-state index in [1.165, 1.54) is 0 Å². The molecule has 7 heteroatoms. The molecule has 6 nitrogen and oxygen atoms in total. The third kappa shape index (κ3) is 3.71. The van der Waals surface area contributed by atoms with Gasteiger partial charge in [-0.3, -0.25) is 4.79 Å². The van der Waals surface area contributed by atoms with Crippen LogP contribution in [0.1, 0.15) is 24.9 Å². The molecular weight excluding hydrogens is 306 g/mol. The van der Waals surface area contributed by atoms with Crippen LogP contribution in [-0.4, -0.2) is 40.1 Å². The van der Waals surface area contributed by atoms with E-state index in [1.807, 2.05) is 13.0 Å². The van der Waals surface area contributed by atoms with E-state index in [9.17, 15) is 13.2 Å². The van der Waals surface area contributed by atoms with Crippen molar-refractivity contribution in [1.82, 2.24) is 5.32 Å². The van der Waals surface area contributed by atoms with Crippen molar-refractivity contribution in [2.24, 2.45) is 5.92 Å². The highest BCUT2D eigenvalue weighted by atomic mass is 32.2. The summed E-state index contributed by atoms with van der Waals surface area (Å²) in [4.78, 5) is 12.2. The molecule has 2 atom stereocenters. The van der Waals surface area contributed by atoms with Crippen LogP contribution in [0.5, 0.6) is 11.5 Å².